The van der Waals surface area contributed by atoms with Crippen LogP contribution in [-0.4, -0.2) is 82.0 Å². The maximum Gasteiger partial charge on any atom is 0.490 e. The topological polar surface area (TPSA) is 311 Å². The van der Waals surface area contributed by atoms with Crippen molar-refractivity contribution in [2.24, 2.45) is 5.73 Å². The third kappa shape index (κ3) is 7.96. The highest BCUT2D eigenvalue weighted by molar-refractivity contribution is 7.66. The predicted octanol–water partition coefficient (Wildman–Crippen LogP) is -3.64. The van der Waals surface area contributed by atoms with Crippen molar-refractivity contribution in [3.05, 3.63) is 32.6 Å². The Labute approximate surface area is 188 Å². The molecule has 22 heteroatoms. The van der Waals surface area contributed by atoms with Gasteiger partial charge in [-0.3, -0.25) is 18.9 Å². The minimum atomic E-state index is -5.78. The van der Waals surface area contributed by atoms with Gasteiger partial charge >= 0.3 is 29.2 Å². The van der Waals surface area contributed by atoms with Crippen molar-refractivity contribution in [3.63, 3.8) is 0 Å². The first-order valence-corrected chi connectivity index (χ1v) is 13.5. The second-order valence-corrected chi connectivity index (χ2v) is 11.3. The van der Waals surface area contributed by atoms with Gasteiger partial charge in [0.1, 0.15) is 18.3 Å². The van der Waals surface area contributed by atoms with Crippen molar-refractivity contribution in [3.8, 4) is 0 Å². The highest BCUT2D eigenvalue weighted by Gasteiger charge is 2.46. The summed E-state index contributed by atoms with van der Waals surface area (Å²) in [6, 6.07) is 0. The largest absolute Gasteiger partial charge is 0.490 e. The lowest BCUT2D eigenvalue weighted by molar-refractivity contribution is -0.0543. The van der Waals surface area contributed by atoms with Gasteiger partial charge in [-0.25, -0.2) is 18.5 Å². The maximum atomic E-state index is 12.2. The first kappa shape index (κ1) is 29.1. The molecular weight excluding hydrogens is 535 g/mol. The Hall–Kier alpha value is -1.11. The fourth-order valence-electron chi connectivity index (χ4n) is 2.77. The lowest BCUT2D eigenvalue weighted by atomic mass is 10.1. The van der Waals surface area contributed by atoms with Crippen molar-refractivity contribution in [1.82, 2.24) is 9.55 Å². The zero-order valence-corrected chi connectivity index (χ0v) is 19.4. The highest BCUT2D eigenvalue weighted by Crippen LogP contribution is 2.66. The molecule has 1 saturated heterocycles. The van der Waals surface area contributed by atoms with Gasteiger partial charge < -0.3 is 45.4 Å². The van der Waals surface area contributed by atoms with Crippen molar-refractivity contribution in [1.29, 1.82) is 0 Å². The average molecular weight is 557 g/mol. The molecule has 0 aliphatic carbocycles. The summed E-state index contributed by atoms with van der Waals surface area (Å²) in [5.41, 5.74) is 3.22. The molecule has 1 fully saturated rings. The second kappa shape index (κ2) is 10.9. The van der Waals surface area contributed by atoms with Crippen LogP contribution in [0.15, 0.2) is 15.8 Å². The van der Waals surface area contributed by atoms with E-state index in [1.807, 2.05) is 4.98 Å². The second-order valence-electron chi connectivity index (χ2n) is 6.85. The van der Waals surface area contributed by atoms with Crippen LogP contribution in [0.2, 0.25) is 0 Å². The normalized spacial score (nSPS) is 27.8. The van der Waals surface area contributed by atoms with E-state index < -0.39 is 72.0 Å². The van der Waals surface area contributed by atoms with Gasteiger partial charge in [-0.05, 0) is 0 Å². The van der Waals surface area contributed by atoms with Gasteiger partial charge in [0, 0.05) is 24.7 Å². The number of aromatic amines is 1. The molecule has 4 unspecified atom stereocenters. The number of rotatable bonds is 11. The molecule has 0 radical (unpaired) electrons. The monoisotopic (exact) mass is 557 g/mol. The number of hydrogen-bond donors (Lipinski definition) is 9. The Bertz CT molecular complexity index is 1130. The fourth-order valence-corrected chi connectivity index (χ4v) is 5.80. The molecule has 1 aromatic rings. The third-order valence-electron chi connectivity index (χ3n) is 4.20. The van der Waals surface area contributed by atoms with Gasteiger partial charge in [0.05, 0.1) is 12.7 Å². The number of hydrogen-bond acceptors (Lipinski definition) is 13. The molecule has 0 saturated carbocycles. The first-order valence-electron chi connectivity index (χ1n) is 8.97. The Morgan fingerprint density at radius 1 is 1.09 bits per heavy atom. The minimum absolute atomic E-state index is 0.125. The van der Waals surface area contributed by atoms with Crippen LogP contribution in [-0.2, 0) is 38.0 Å². The summed E-state index contributed by atoms with van der Waals surface area (Å²) in [6.07, 6.45) is -7.51. The molecule has 0 amide bonds. The summed E-state index contributed by atoms with van der Waals surface area (Å²) in [6.45, 7) is -1.31. The van der Waals surface area contributed by atoms with E-state index in [0.29, 0.717) is 4.57 Å². The van der Waals surface area contributed by atoms with Crippen LogP contribution in [0.5, 0.6) is 0 Å². The number of aliphatic hydroxyl groups excluding tert-OH is 3. The van der Waals surface area contributed by atoms with E-state index in [9.17, 15) is 43.5 Å². The van der Waals surface area contributed by atoms with Gasteiger partial charge in [-0.15, -0.1) is 0 Å². The molecule has 7 atom stereocenters. The van der Waals surface area contributed by atoms with Gasteiger partial charge in [0.2, 0.25) is 0 Å². The number of aromatic nitrogens is 2. The lowest BCUT2D eigenvalue weighted by Crippen LogP contribution is -2.39. The van der Waals surface area contributed by atoms with Gasteiger partial charge in [-0.2, -0.15) is 8.62 Å². The Balaban J connectivity index is 2.15. The van der Waals surface area contributed by atoms with Crippen LogP contribution < -0.4 is 17.0 Å². The van der Waals surface area contributed by atoms with Crippen molar-refractivity contribution in [2.75, 3.05) is 13.2 Å². The summed E-state index contributed by atoms with van der Waals surface area (Å²) < 4.78 is 51.1. The zero-order chi connectivity index (χ0) is 26.1. The average Bonchev–Trinajstić information content (AvgIpc) is 2.94. The Kier molecular flexibility index (Phi) is 9.32. The maximum absolute atomic E-state index is 12.2. The summed E-state index contributed by atoms with van der Waals surface area (Å²) >= 11 is 0. The summed E-state index contributed by atoms with van der Waals surface area (Å²) in [4.78, 5) is 61.6. The number of nitrogens with zero attached hydrogens (tertiary/aromatic N) is 1. The molecule has 0 bridgehead atoms. The highest BCUT2D eigenvalue weighted by atomic mass is 31.3. The van der Waals surface area contributed by atoms with E-state index in [1.54, 1.807) is 0 Å². The lowest BCUT2D eigenvalue weighted by Gasteiger charge is -2.19. The molecule has 2 rings (SSSR count). The van der Waals surface area contributed by atoms with Crippen molar-refractivity contribution in [2.45, 2.75) is 37.1 Å². The van der Waals surface area contributed by atoms with Gasteiger partial charge in [0.15, 0.2) is 6.23 Å². The van der Waals surface area contributed by atoms with Crippen LogP contribution >= 0.6 is 23.5 Å². The molecule has 1 aromatic heterocycles. The number of phosphoric ester groups is 1. The van der Waals surface area contributed by atoms with E-state index in [0.717, 1.165) is 6.20 Å². The third-order valence-corrected chi connectivity index (χ3v) is 8.00. The SMILES string of the molecule is NCC(O)Cc1cn([C@@H]2O[C@H](COP(=O)(O)OP(=O)(O)OP(=O)(O)O)C(O)[C@@H]2O)c(=O)[nH]c1=O. The molecule has 0 spiro atoms. The summed E-state index contributed by atoms with van der Waals surface area (Å²) in [7, 11) is -16.9. The Morgan fingerprint density at radius 3 is 2.26 bits per heavy atom. The smallest absolute Gasteiger partial charge is 0.391 e. The van der Waals surface area contributed by atoms with Crippen LogP contribution in [0.4, 0.5) is 0 Å². The summed E-state index contributed by atoms with van der Waals surface area (Å²) in [5, 5.41) is 30.0. The first-order chi connectivity index (χ1) is 15.4. The predicted molar refractivity (Wildman–Crippen MR) is 106 cm³/mol. The quantitative estimate of drug-likeness (QED) is 0.118. The molecule has 34 heavy (non-hydrogen) atoms. The number of ether oxygens (including phenoxy) is 1. The van der Waals surface area contributed by atoms with E-state index >= 15 is 0 Å². The fraction of sp³-hybridized carbons (Fsp3) is 0.667. The summed E-state index contributed by atoms with van der Waals surface area (Å²) in [5.74, 6) is 0. The number of phosphoric acid groups is 3. The van der Waals surface area contributed by atoms with Crippen molar-refractivity contribution >= 4 is 23.5 Å². The number of nitrogens with two attached hydrogens (primary N) is 1. The van der Waals surface area contributed by atoms with Gasteiger partial charge in [-0.1, -0.05) is 0 Å². The van der Waals surface area contributed by atoms with E-state index in [4.69, 9.17) is 25.2 Å². The molecule has 1 aliphatic heterocycles. The molecule has 10 N–H and O–H groups in total. The molecular formula is C12H22N3O16P3. The van der Waals surface area contributed by atoms with Crippen molar-refractivity contribution < 1.29 is 66.5 Å². The van der Waals surface area contributed by atoms with Crippen LogP contribution in [0, 0.1) is 0 Å². The Morgan fingerprint density at radius 2 is 1.71 bits per heavy atom. The molecule has 0 aromatic carbocycles. The number of aliphatic hydroxyl groups is 3. The molecule has 196 valence electrons. The zero-order valence-electron chi connectivity index (χ0n) is 16.8. The number of H-pyrrole nitrogens is 1. The standard InChI is InChI=1S/C12H22N3O16P3/c13-2-6(16)1-5-3-15(12(20)14-10(5)19)11-9(18)8(17)7(29-11)4-28-33(24,25)31-34(26,27)30-32(21,22)23/h3,6-9,11,16-18H,1-2,4,13H2,(H,24,25)(H,26,27)(H,14,19,20)(H2,21,22,23)/t6?,7-,8?,9+,11-/m1/s1. The van der Waals surface area contributed by atoms with Crippen LogP contribution in [0.1, 0.15) is 11.8 Å². The molecule has 1 aliphatic rings. The number of nitrogens with one attached hydrogen (secondary N) is 1. The van der Waals surface area contributed by atoms with Gasteiger partial charge in [0.25, 0.3) is 5.56 Å². The molecule has 19 nitrogen and oxygen atoms in total. The van der Waals surface area contributed by atoms with Crippen LogP contribution in [0.25, 0.3) is 0 Å². The van der Waals surface area contributed by atoms with Crippen LogP contribution in [0.3, 0.4) is 0 Å². The molecule has 2 heterocycles. The van der Waals surface area contributed by atoms with E-state index in [-0.39, 0.29) is 18.5 Å². The minimum Gasteiger partial charge on any atom is -0.391 e. The van der Waals surface area contributed by atoms with E-state index in [1.165, 1.54) is 0 Å². The van der Waals surface area contributed by atoms with E-state index in [2.05, 4.69) is 13.1 Å².